The zero-order valence-corrected chi connectivity index (χ0v) is 15.1. The monoisotopic (exact) mass is 426 g/mol. The minimum atomic E-state index is -1.26. The van der Waals surface area contributed by atoms with Crippen molar-refractivity contribution in [1.29, 1.82) is 0 Å². The first kappa shape index (κ1) is 20.3. The number of hydrogen-bond acceptors (Lipinski definition) is 3. The summed E-state index contributed by atoms with van der Waals surface area (Å²) in [5.74, 6) is -5.49. The highest BCUT2D eigenvalue weighted by Gasteiger charge is 2.17. The van der Waals surface area contributed by atoms with Gasteiger partial charge in [0.15, 0.2) is 17.5 Å². The highest BCUT2D eigenvalue weighted by molar-refractivity contribution is 6.34. The van der Waals surface area contributed by atoms with Gasteiger partial charge in [0.2, 0.25) is 0 Å². The molecule has 0 fully saturated rings. The Labute approximate surface area is 165 Å². The Balaban J connectivity index is 1.66. The molecule has 11 heteroatoms. The Kier molecular flexibility index (Phi) is 5.83. The van der Waals surface area contributed by atoms with E-state index in [1.165, 1.54) is 0 Å². The molecule has 150 valence electrons. The van der Waals surface area contributed by atoms with E-state index in [2.05, 4.69) is 20.8 Å². The van der Waals surface area contributed by atoms with Gasteiger partial charge < -0.3 is 10.6 Å². The number of aromatic nitrogens is 2. The van der Waals surface area contributed by atoms with Crippen LogP contribution in [0, 0.1) is 23.3 Å². The van der Waals surface area contributed by atoms with Crippen LogP contribution in [0.1, 0.15) is 26.4 Å². The third kappa shape index (κ3) is 4.72. The number of rotatable bonds is 5. The Hall–Kier alpha value is -3.40. The van der Waals surface area contributed by atoms with Gasteiger partial charge in [-0.3, -0.25) is 14.7 Å². The van der Waals surface area contributed by atoms with E-state index in [-0.39, 0.29) is 34.2 Å². The van der Waals surface area contributed by atoms with Crippen molar-refractivity contribution in [3.05, 3.63) is 81.5 Å². The Morgan fingerprint density at radius 3 is 2.45 bits per heavy atom. The summed E-state index contributed by atoms with van der Waals surface area (Å²) in [6.45, 7) is -0.284. The van der Waals surface area contributed by atoms with E-state index < -0.39 is 35.1 Å². The first-order chi connectivity index (χ1) is 13.7. The van der Waals surface area contributed by atoms with E-state index in [0.717, 1.165) is 24.3 Å². The molecule has 0 radical (unpaired) electrons. The smallest absolute Gasteiger partial charge is 0.269 e. The fourth-order valence-corrected chi connectivity index (χ4v) is 2.57. The maximum absolute atomic E-state index is 13.6. The topological polar surface area (TPSA) is 86.9 Å². The number of halogens is 5. The normalized spacial score (nSPS) is 10.7. The molecule has 3 rings (SSSR count). The third-order valence-electron chi connectivity index (χ3n) is 3.77. The van der Waals surface area contributed by atoms with Crippen molar-refractivity contribution in [1.82, 2.24) is 15.5 Å². The van der Waals surface area contributed by atoms with E-state index in [0.29, 0.717) is 12.1 Å². The number of nitrogens with one attached hydrogen (secondary N) is 3. The molecule has 1 heterocycles. The number of aromatic amines is 1. The van der Waals surface area contributed by atoms with Crippen molar-refractivity contribution in [2.45, 2.75) is 6.54 Å². The van der Waals surface area contributed by atoms with Gasteiger partial charge in [0.1, 0.15) is 17.3 Å². The zero-order valence-electron chi connectivity index (χ0n) is 14.3. The van der Waals surface area contributed by atoms with E-state index >= 15 is 0 Å². The molecule has 2 amide bonds. The molecule has 2 aromatic carbocycles. The van der Waals surface area contributed by atoms with Crippen LogP contribution < -0.4 is 10.6 Å². The summed E-state index contributed by atoms with van der Waals surface area (Å²) in [5.41, 5.74) is -0.478. The Bertz CT molecular complexity index is 1100. The lowest BCUT2D eigenvalue weighted by Gasteiger charge is -2.05. The van der Waals surface area contributed by atoms with Gasteiger partial charge in [-0.25, -0.2) is 17.6 Å². The van der Waals surface area contributed by atoms with Crippen molar-refractivity contribution in [2.24, 2.45) is 0 Å². The van der Waals surface area contributed by atoms with Crippen LogP contribution in [0.25, 0.3) is 0 Å². The zero-order chi connectivity index (χ0) is 21.1. The Morgan fingerprint density at radius 1 is 0.966 bits per heavy atom. The quantitative estimate of drug-likeness (QED) is 0.428. The van der Waals surface area contributed by atoms with Crippen LogP contribution in [0.15, 0.2) is 36.4 Å². The van der Waals surface area contributed by atoms with Crippen LogP contribution in [0.3, 0.4) is 0 Å². The van der Waals surface area contributed by atoms with E-state index in [4.69, 9.17) is 11.6 Å². The molecule has 0 saturated heterocycles. The average molecular weight is 427 g/mol. The van der Waals surface area contributed by atoms with Crippen molar-refractivity contribution in [3.63, 3.8) is 0 Å². The Morgan fingerprint density at radius 2 is 1.69 bits per heavy atom. The highest BCUT2D eigenvalue weighted by atomic mass is 35.5. The van der Waals surface area contributed by atoms with Gasteiger partial charge in [-0.1, -0.05) is 11.6 Å². The summed E-state index contributed by atoms with van der Waals surface area (Å²) >= 11 is 5.72. The number of amides is 2. The fourth-order valence-electron chi connectivity index (χ4n) is 2.33. The van der Waals surface area contributed by atoms with E-state index in [1.54, 1.807) is 0 Å². The average Bonchev–Trinajstić information content (AvgIpc) is 3.13. The molecule has 0 atom stereocenters. The lowest BCUT2D eigenvalue weighted by molar-refractivity contribution is 0.0944. The van der Waals surface area contributed by atoms with Crippen molar-refractivity contribution in [3.8, 4) is 0 Å². The van der Waals surface area contributed by atoms with Crippen LogP contribution in [0.2, 0.25) is 5.02 Å². The molecule has 6 nitrogen and oxygen atoms in total. The number of carbonyl (C=O) groups excluding carboxylic acids is 2. The predicted molar refractivity (Wildman–Crippen MR) is 95.4 cm³/mol. The first-order valence-corrected chi connectivity index (χ1v) is 8.36. The third-order valence-corrected chi connectivity index (χ3v) is 4.08. The predicted octanol–water partition coefficient (Wildman–Crippen LogP) is 3.80. The minimum Gasteiger partial charge on any atom is -0.347 e. The lowest BCUT2D eigenvalue weighted by Crippen LogP contribution is -2.23. The molecule has 0 aliphatic carbocycles. The summed E-state index contributed by atoms with van der Waals surface area (Å²) in [5, 5.41) is 10.4. The standard InChI is InChI=1S/C18H11ClF4N4O2/c19-11-5-14(23)13(22)4-10(11)17(28)25-16-6-15(26-27-16)18(29)24-7-8-3-9(20)1-2-12(8)21/h1-6H,7H2,(H,24,29)(H2,25,26,27,28). The van der Waals surface area contributed by atoms with Crippen LogP contribution in [0.5, 0.6) is 0 Å². The molecule has 0 bridgehead atoms. The molecule has 3 N–H and O–H groups in total. The summed E-state index contributed by atoms with van der Waals surface area (Å²) in [4.78, 5) is 24.2. The number of anilines is 1. The van der Waals surface area contributed by atoms with Crippen LogP contribution in [0.4, 0.5) is 23.4 Å². The molecule has 0 spiro atoms. The highest BCUT2D eigenvalue weighted by Crippen LogP contribution is 2.21. The van der Waals surface area contributed by atoms with Gasteiger partial charge in [0.25, 0.3) is 11.8 Å². The molecule has 0 unspecified atom stereocenters. The van der Waals surface area contributed by atoms with E-state index in [1.807, 2.05) is 0 Å². The second-order valence-electron chi connectivity index (χ2n) is 5.79. The van der Waals surface area contributed by atoms with Gasteiger partial charge in [-0.05, 0) is 30.3 Å². The molecule has 0 saturated carbocycles. The largest absolute Gasteiger partial charge is 0.347 e. The van der Waals surface area contributed by atoms with Crippen LogP contribution in [-0.2, 0) is 6.54 Å². The second kappa shape index (κ2) is 8.31. The van der Waals surface area contributed by atoms with Crippen molar-refractivity contribution < 1.29 is 27.2 Å². The number of nitrogens with zero attached hydrogens (tertiary/aromatic N) is 1. The minimum absolute atomic E-state index is 0.0561. The molecule has 29 heavy (non-hydrogen) atoms. The van der Waals surface area contributed by atoms with Crippen LogP contribution in [-0.4, -0.2) is 22.0 Å². The maximum atomic E-state index is 13.6. The van der Waals surface area contributed by atoms with Gasteiger partial charge in [-0.15, -0.1) is 0 Å². The SMILES string of the molecule is O=C(NCc1cc(F)ccc1F)c1cc(NC(=O)c2cc(F)c(F)cc2Cl)n[nH]1. The summed E-state index contributed by atoms with van der Waals surface area (Å²) in [7, 11) is 0. The maximum Gasteiger partial charge on any atom is 0.269 e. The summed E-state index contributed by atoms with van der Waals surface area (Å²) in [6.07, 6.45) is 0. The second-order valence-corrected chi connectivity index (χ2v) is 6.19. The van der Waals surface area contributed by atoms with Crippen molar-refractivity contribution in [2.75, 3.05) is 5.32 Å². The van der Waals surface area contributed by atoms with Crippen molar-refractivity contribution >= 4 is 29.2 Å². The van der Waals surface area contributed by atoms with Gasteiger partial charge in [0, 0.05) is 18.2 Å². The number of hydrogen-bond donors (Lipinski definition) is 3. The van der Waals surface area contributed by atoms with E-state index in [9.17, 15) is 27.2 Å². The number of carbonyl (C=O) groups is 2. The first-order valence-electron chi connectivity index (χ1n) is 7.98. The molecular weight excluding hydrogens is 416 g/mol. The van der Waals surface area contributed by atoms with Crippen LogP contribution >= 0.6 is 11.6 Å². The molecule has 0 aliphatic heterocycles. The molecule has 3 aromatic rings. The number of H-pyrrole nitrogens is 1. The van der Waals surface area contributed by atoms with Gasteiger partial charge >= 0.3 is 0 Å². The summed E-state index contributed by atoms with van der Waals surface area (Å²) < 4.78 is 53.1. The lowest BCUT2D eigenvalue weighted by atomic mass is 10.2. The number of benzene rings is 2. The molecular formula is C18H11ClF4N4O2. The fraction of sp³-hybridized carbons (Fsp3) is 0.0556. The van der Waals surface area contributed by atoms with Gasteiger partial charge in [0.05, 0.1) is 10.6 Å². The van der Waals surface area contributed by atoms with Gasteiger partial charge in [-0.2, -0.15) is 5.10 Å². The summed E-state index contributed by atoms with van der Waals surface area (Å²) in [6, 6.07) is 5.26. The molecule has 1 aromatic heterocycles. The molecule has 0 aliphatic rings.